The molecule has 0 aliphatic carbocycles. The molecule has 6 nitrogen and oxygen atoms in total. The lowest BCUT2D eigenvalue weighted by atomic mass is 9.92. The summed E-state index contributed by atoms with van der Waals surface area (Å²) < 4.78 is 0. The minimum absolute atomic E-state index is 0.0297. The molecule has 24 heavy (non-hydrogen) atoms. The third kappa shape index (κ3) is 3.35. The first-order valence-corrected chi connectivity index (χ1v) is 8.75. The summed E-state index contributed by atoms with van der Waals surface area (Å²) in [5, 5.41) is 3.21. The molecule has 0 radical (unpaired) electrons. The maximum absolute atomic E-state index is 12.9. The van der Waals surface area contributed by atoms with Crippen LogP contribution in [0.4, 0.5) is 10.5 Å². The van der Waals surface area contributed by atoms with Gasteiger partial charge in [0.25, 0.3) is 5.91 Å². The molecule has 0 aromatic heterocycles. The maximum Gasteiger partial charge on any atom is 0.322 e. The van der Waals surface area contributed by atoms with Crippen LogP contribution in [-0.2, 0) is 0 Å². The van der Waals surface area contributed by atoms with Gasteiger partial charge in [-0.25, -0.2) is 4.79 Å². The number of piperidine rings is 1. The van der Waals surface area contributed by atoms with Gasteiger partial charge in [-0.05, 0) is 43.9 Å². The van der Waals surface area contributed by atoms with Crippen LogP contribution in [0.2, 0.25) is 5.02 Å². The number of carbonyl (C=O) groups is 2. The minimum Gasteiger partial charge on any atom is -0.338 e. The van der Waals surface area contributed by atoms with Crippen LogP contribution in [0, 0.1) is 5.92 Å². The molecule has 2 aliphatic rings. The largest absolute Gasteiger partial charge is 0.338 e. The summed E-state index contributed by atoms with van der Waals surface area (Å²) >= 11 is 6.23. The minimum atomic E-state index is -0.184. The van der Waals surface area contributed by atoms with Gasteiger partial charge in [0, 0.05) is 37.8 Å². The summed E-state index contributed by atoms with van der Waals surface area (Å²) in [7, 11) is 0. The fourth-order valence-corrected chi connectivity index (χ4v) is 3.58. The van der Waals surface area contributed by atoms with Crippen molar-refractivity contribution in [2.45, 2.75) is 25.8 Å². The van der Waals surface area contributed by atoms with Crippen LogP contribution in [0.3, 0.4) is 0 Å². The zero-order valence-corrected chi connectivity index (χ0v) is 14.6. The lowest BCUT2D eigenvalue weighted by Crippen LogP contribution is -2.45. The van der Waals surface area contributed by atoms with Gasteiger partial charge >= 0.3 is 6.03 Å². The van der Waals surface area contributed by atoms with E-state index in [0.717, 1.165) is 19.4 Å². The molecule has 2 heterocycles. The summed E-state index contributed by atoms with van der Waals surface area (Å²) in [4.78, 5) is 28.2. The normalized spacial score (nSPS) is 22.5. The number of nitrogens with zero attached hydrogens (tertiary/aromatic N) is 2. The Kier molecular flexibility index (Phi) is 4.96. The van der Waals surface area contributed by atoms with Crippen molar-refractivity contribution in [2.24, 2.45) is 11.7 Å². The van der Waals surface area contributed by atoms with Gasteiger partial charge in [0.05, 0.1) is 10.7 Å². The molecule has 3 rings (SSSR count). The van der Waals surface area contributed by atoms with Crippen LogP contribution in [0.15, 0.2) is 18.2 Å². The van der Waals surface area contributed by atoms with Crippen molar-refractivity contribution in [2.75, 3.05) is 31.1 Å². The van der Waals surface area contributed by atoms with Crippen molar-refractivity contribution in [3.63, 3.8) is 0 Å². The van der Waals surface area contributed by atoms with E-state index in [9.17, 15) is 9.59 Å². The predicted octanol–water partition coefficient (Wildman–Crippen LogP) is 2.07. The molecule has 2 saturated heterocycles. The standard InChI is InChI=1S/C17H23ClN4O2/c1-11(19)13-3-2-7-21(10-13)16(23)12-4-5-14(18)15(9-12)22-8-6-20-17(22)24/h4-5,9,11,13H,2-3,6-8,10,19H2,1H3,(H,20,24). The topological polar surface area (TPSA) is 78.7 Å². The van der Waals surface area contributed by atoms with Gasteiger partial charge in [0.2, 0.25) is 0 Å². The van der Waals surface area contributed by atoms with Crippen molar-refractivity contribution >= 4 is 29.2 Å². The van der Waals surface area contributed by atoms with Gasteiger partial charge in [0.1, 0.15) is 0 Å². The second-order valence-corrected chi connectivity index (χ2v) is 6.97. The Balaban J connectivity index is 1.81. The van der Waals surface area contributed by atoms with Crippen LogP contribution in [0.1, 0.15) is 30.1 Å². The van der Waals surface area contributed by atoms with Crippen molar-refractivity contribution in [3.8, 4) is 0 Å². The van der Waals surface area contributed by atoms with Crippen LogP contribution >= 0.6 is 11.6 Å². The number of nitrogens with two attached hydrogens (primary N) is 1. The number of benzene rings is 1. The molecule has 130 valence electrons. The number of likely N-dealkylation sites (tertiary alicyclic amines) is 1. The first-order chi connectivity index (χ1) is 11.5. The number of hydrogen-bond acceptors (Lipinski definition) is 3. The molecule has 2 fully saturated rings. The molecule has 0 bridgehead atoms. The van der Waals surface area contributed by atoms with Crippen molar-refractivity contribution < 1.29 is 9.59 Å². The van der Waals surface area contributed by atoms with E-state index in [0.29, 0.717) is 41.8 Å². The van der Waals surface area contributed by atoms with E-state index in [4.69, 9.17) is 17.3 Å². The van der Waals surface area contributed by atoms with E-state index >= 15 is 0 Å². The number of rotatable bonds is 3. The number of anilines is 1. The van der Waals surface area contributed by atoms with Gasteiger partial charge in [0.15, 0.2) is 0 Å². The zero-order chi connectivity index (χ0) is 17.3. The molecule has 7 heteroatoms. The Morgan fingerprint density at radius 3 is 2.88 bits per heavy atom. The molecule has 1 aromatic carbocycles. The van der Waals surface area contributed by atoms with Crippen molar-refractivity contribution in [1.82, 2.24) is 10.2 Å². The SMILES string of the molecule is CC(N)C1CCCN(C(=O)c2ccc(Cl)c(N3CCNC3=O)c2)C1. The van der Waals surface area contributed by atoms with Gasteiger partial charge in [-0.1, -0.05) is 11.6 Å². The number of hydrogen-bond donors (Lipinski definition) is 2. The van der Waals surface area contributed by atoms with Crippen LogP contribution in [0.5, 0.6) is 0 Å². The molecule has 2 unspecified atom stereocenters. The van der Waals surface area contributed by atoms with E-state index in [1.54, 1.807) is 23.1 Å². The van der Waals surface area contributed by atoms with Crippen molar-refractivity contribution in [1.29, 1.82) is 0 Å². The second-order valence-electron chi connectivity index (χ2n) is 6.56. The number of nitrogens with one attached hydrogen (secondary N) is 1. The lowest BCUT2D eigenvalue weighted by Gasteiger charge is -2.34. The fourth-order valence-electron chi connectivity index (χ4n) is 3.36. The van der Waals surface area contributed by atoms with Crippen LogP contribution in [0.25, 0.3) is 0 Å². The molecule has 0 saturated carbocycles. The highest BCUT2D eigenvalue weighted by Crippen LogP contribution is 2.29. The monoisotopic (exact) mass is 350 g/mol. The molecule has 3 amide bonds. The lowest BCUT2D eigenvalue weighted by molar-refractivity contribution is 0.0661. The average molecular weight is 351 g/mol. The molecular formula is C17H23ClN4O2. The Morgan fingerprint density at radius 2 is 2.21 bits per heavy atom. The van der Waals surface area contributed by atoms with Gasteiger partial charge in [-0.3, -0.25) is 9.69 Å². The molecule has 2 aliphatic heterocycles. The highest BCUT2D eigenvalue weighted by Gasteiger charge is 2.28. The van der Waals surface area contributed by atoms with E-state index in [2.05, 4.69) is 5.32 Å². The summed E-state index contributed by atoms with van der Waals surface area (Å²) in [6.07, 6.45) is 2.02. The highest BCUT2D eigenvalue weighted by molar-refractivity contribution is 6.34. The van der Waals surface area contributed by atoms with Crippen molar-refractivity contribution in [3.05, 3.63) is 28.8 Å². The zero-order valence-electron chi connectivity index (χ0n) is 13.8. The summed E-state index contributed by atoms with van der Waals surface area (Å²) in [6.45, 7) is 4.54. The molecule has 0 spiro atoms. The van der Waals surface area contributed by atoms with Gasteiger partial charge in [-0.15, -0.1) is 0 Å². The van der Waals surface area contributed by atoms with Gasteiger partial charge < -0.3 is 16.0 Å². The maximum atomic E-state index is 12.9. The summed E-state index contributed by atoms with van der Waals surface area (Å²) in [5.41, 5.74) is 7.14. The van der Waals surface area contributed by atoms with E-state index < -0.39 is 0 Å². The van der Waals surface area contributed by atoms with E-state index in [1.807, 2.05) is 11.8 Å². The Morgan fingerprint density at radius 1 is 1.42 bits per heavy atom. The van der Waals surface area contributed by atoms with Gasteiger partial charge in [-0.2, -0.15) is 0 Å². The highest BCUT2D eigenvalue weighted by atomic mass is 35.5. The predicted molar refractivity (Wildman–Crippen MR) is 94.5 cm³/mol. The molecule has 2 atom stereocenters. The van der Waals surface area contributed by atoms with E-state index in [1.165, 1.54) is 0 Å². The van der Waals surface area contributed by atoms with Crippen LogP contribution < -0.4 is 16.0 Å². The average Bonchev–Trinajstić information content (AvgIpc) is 3.00. The number of carbonyl (C=O) groups excluding carboxylic acids is 2. The quantitative estimate of drug-likeness (QED) is 0.875. The Hall–Kier alpha value is -1.79. The Labute approximate surface area is 146 Å². The number of amides is 3. The van der Waals surface area contributed by atoms with E-state index in [-0.39, 0.29) is 18.0 Å². The molecule has 3 N–H and O–H groups in total. The smallest absolute Gasteiger partial charge is 0.322 e. The molecule has 1 aromatic rings. The Bertz CT molecular complexity index is 649. The second kappa shape index (κ2) is 6.99. The molecular weight excluding hydrogens is 328 g/mol. The fraction of sp³-hybridized carbons (Fsp3) is 0.529. The number of urea groups is 1. The number of halogens is 1. The first kappa shape index (κ1) is 17.0. The first-order valence-electron chi connectivity index (χ1n) is 8.37. The summed E-state index contributed by atoms with van der Waals surface area (Å²) in [6, 6.07) is 5.01. The van der Waals surface area contributed by atoms with Crippen LogP contribution in [-0.4, -0.2) is 49.1 Å². The third-order valence-electron chi connectivity index (χ3n) is 4.83. The third-order valence-corrected chi connectivity index (χ3v) is 5.15. The summed E-state index contributed by atoms with van der Waals surface area (Å²) in [5.74, 6) is 0.303.